The Bertz CT molecular complexity index is 462. The van der Waals surface area contributed by atoms with Gasteiger partial charge in [-0.25, -0.2) is 9.59 Å². The normalized spacial score (nSPS) is 35.2. The van der Waals surface area contributed by atoms with Crippen LogP contribution in [0, 0.1) is 5.92 Å². The van der Waals surface area contributed by atoms with Crippen molar-refractivity contribution in [1.29, 1.82) is 0 Å². The first kappa shape index (κ1) is 14.8. The number of carbonyl (C=O) groups is 2. The molecule has 7 nitrogen and oxygen atoms in total. The Morgan fingerprint density at radius 3 is 2.75 bits per heavy atom. The van der Waals surface area contributed by atoms with Gasteiger partial charge in [-0.1, -0.05) is 0 Å². The van der Waals surface area contributed by atoms with Gasteiger partial charge in [0.25, 0.3) is 0 Å². The summed E-state index contributed by atoms with van der Waals surface area (Å²) in [6.07, 6.45) is 1.80. The summed E-state index contributed by atoms with van der Waals surface area (Å²) in [6, 6.07) is 0. The topological polar surface area (TPSA) is 97.4 Å². The van der Waals surface area contributed by atoms with Crippen LogP contribution in [0.15, 0.2) is 11.8 Å². The van der Waals surface area contributed by atoms with Crippen molar-refractivity contribution in [1.82, 2.24) is 5.32 Å². The molecule has 0 aromatic rings. The van der Waals surface area contributed by atoms with Crippen LogP contribution in [-0.2, 0) is 19.0 Å². The van der Waals surface area contributed by atoms with Crippen LogP contribution in [-0.4, -0.2) is 49.1 Å². The van der Waals surface area contributed by atoms with Crippen LogP contribution in [0.25, 0.3) is 0 Å². The molecule has 1 aliphatic heterocycles. The Kier molecular flexibility index (Phi) is 3.75. The molecule has 2 aliphatic rings. The molecule has 0 aromatic heterocycles. The second-order valence-corrected chi connectivity index (χ2v) is 5.19. The summed E-state index contributed by atoms with van der Waals surface area (Å²) >= 11 is 0. The number of aliphatic hydroxyl groups excluding tert-OH is 1. The highest BCUT2D eigenvalue weighted by Crippen LogP contribution is 2.63. The van der Waals surface area contributed by atoms with Crippen molar-refractivity contribution in [3.05, 3.63) is 11.8 Å². The Balaban J connectivity index is 2.24. The van der Waals surface area contributed by atoms with E-state index in [-0.39, 0.29) is 18.1 Å². The second kappa shape index (κ2) is 5.06. The summed E-state index contributed by atoms with van der Waals surface area (Å²) in [6.45, 7) is 1.71. The van der Waals surface area contributed by atoms with Gasteiger partial charge in [-0.15, -0.1) is 0 Å². The molecule has 1 saturated heterocycles. The molecule has 3 unspecified atom stereocenters. The minimum absolute atomic E-state index is 0.192. The van der Waals surface area contributed by atoms with Crippen molar-refractivity contribution in [2.45, 2.75) is 31.0 Å². The summed E-state index contributed by atoms with van der Waals surface area (Å²) < 4.78 is 15.2. The molecule has 1 aliphatic carbocycles. The van der Waals surface area contributed by atoms with Gasteiger partial charge < -0.3 is 24.6 Å². The molecular weight excluding hydrogens is 266 g/mol. The number of epoxide rings is 1. The van der Waals surface area contributed by atoms with Crippen LogP contribution < -0.4 is 5.32 Å². The van der Waals surface area contributed by atoms with Crippen molar-refractivity contribution < 1.29 is 28.9 Å². The molecule has 1 amide bonds. The SMILES string of the molecule is CNC(=O)O/C=C(\C(=O)OC)C1CCC2(C)OC12CO. The minimum atomic E-state index is -0.779. The number of fused-ring (bicyclic) bond motifs is 1. The molecule has 0 radical (unpaired) electrons. The lowest BCUT2D eigenvalue weighted by atomic mass is 9.85. The first-order valence-electron chi connectivity index (χ1n) is 6.42. The number of nitrogens with one attached hydrogen (secondary N) is 1. The molecule has 1 saturated carbocycles. The van der Waals surface area contributed by atoms with Gasteiger partial charge in [-0.2, -0.15) is 0 Å². The number of ether oxygens (including phenoxy) is 3. The van der Waals surface area contributed by atoms with E-state index < -0.39 is 23.3 Å². The zero-order chi connectivity index (χ0) is 15.0. The monoisotopic (exact) mass is 285 g/mol. The lowest BCUT2D eigenvalue weighted by Crippen LogP contribution is -2.33. The van der Waals surface area contributed by atoms with E-state index in [0.717, 1.165) is 12.7 Å². The van der Waals surface area contributed by atoms with Crippen molar-refractivity contribution in [2.24, 2.45) is 5.92 Å². The molecule has 1 heterocycles. The number of methoxy groups -OCH3 is 1. The predicted octanol–water partition coefficient (Wildman–Crippen LogP) is 0.329. The molecule has 3 atom stereocenters. The van der Waals surface area contributed by atoms with Gasteiger partial charge in [0, 0.05) is 13.0 Å². The minimum Gasteiger partial charge on any atom is -0.466 e. The maximum absolute atomic E-state index is 11.9. The van der Waals surface area contributed by atoms with Crippen LogP contribution in [0.3, 0.4) is 0 Å². The van der Waals surface area contributed by atoms with Crippen molar-refractivity contribution in [3.8, 4) is 0 Å². The fraction of sp³-hybridized carbons (Fsp3) is 0.692. The van der Waals surface area contributed by atoms with Crippen molar-refractivity contribution in [3.63, 3.8) is 0 Å². The highest BCUT2D eigenvalue weighted by Gasteiger charge is 2.74. The van der Waals surface area contributed by atoms with E-state index in [1.165, 1.54) is 14.2 Å². The average molecular weight is 285 g/mol. The van der Waals surface area contributed by atoms with Crippen molar-refractivity contribution >= 4 is 12.1 Å². The zero-order valence-electron chi connectivity index (χ0n) is 11.8. The molecule has 7 heteroatoms. The maximum atomic E-state index is 11.9. The number of rotatable bonds is 4. The molecule has 2 N–H and O–H groups in total. The van der Waals surface area contributed by atoms with Crippen LogP contribution in [0.2, 0.25) is 0 Å². The lowest BCUT2D eigenvalue weighted by molar-refractivity contribution is -0.137. The van der Waals surface area contributed by atoms with Gasteiger partial charge in [0.15, 0.2) is 0 Å². The smallest absolute Gasteiger partial charge is 0.411 e. The Labute approximate surface area is 116 Å². The number of hydrogen-bond donors (Lipinski definition) is 2. The van der Waals surface area contributed by atoms with E-state index in [9.17, 15) is 14.7 Å². The molecule has 112 valence electrons. The average Bonchev–Trinajstić information content (AvgIpc) is 2.97. The summed E-state index contributed by atoms with van der Waals surface area (Å²) in [7, 11) is 2.67. The number of amides is 1. The second-order valence-electron chi connectivity index (χ2n) is 5.19. The van der Waals surface area contributed by atoms with Crippen LogP contribution in [0.1, 0.15) is 19.8 Å². The third-order valence-corrected chi connectivity index (χ3v) is 4.26. The summed E-state index contributed by atoms with van der Waals surface area (Å²) in [5.74, 6) is -0.943. The van der Waals surface area contributed by atoms with E-state index in [2.05, 4.69) is 5.32 Å². The molecule has 0 spiro atoms. The molecule has 0 bridgehead atoms. The molecular formula is C13H19NO6. The fourth-order valence-corrected chi connectivity index (χ4v) is 3.01. The number of carbonyl (C=O) groups excluding carboxylic acids is 2. The third kappa shape index (κ3) is 2.06. The Hall–Kier alpha value is -1.60. The summed E-state index contributed by atoms with van der Waals surface area (Å²) in [5.41, 5.74) is -1.00. The first-order valence-corrected chi connectivity index (χ1v) is 6.42. The van der Waals surface area contributed by atoms with Crippen LogP contribution in [0.5, 0.6) is 0 Å². The van der Waals surface area contributed by atoms with Gasteiger partial charge in [0.1, 0.15) is 11.9 Å². The van der Waals surface area contributed by atoms with Crippen molar-refractivity contribution in [2.75, 3.05) is 20.8 Å². The molecule has 2 rings (SSSR count). The number of alkyl carbamates (subject to hydrolysis) is 1. The first-order chi connectivity index (χ1) is 9.44. The summed E-state index contributed by atoms with van der Waals surface area (Å²) in [4.78, 5) is 23.0. The predicted molar refractivity (Wildman–Crippen MR) is 67.7 cm³/mol. The van der Waals surface area contributed by atoms with Gasteiger partial charge >= 0.3 is 12.1 Å². The van der Waals surface area contributed by atoms with Gasteiger partial charge in [0.05, 0.1) is 24.9 Å². The van der Waals surface area contributed by atoms with Gasteiger partial charge in [0.2, 0.25) is 0 Å². The van der Waals surface area contributed by atoms with Crippen LogP contribution in [0.4, 0.5) is 4.79 Å². The molecule has 2 fully saturated rings. The van der Waals surface area contributed by atoms with E-state index in [4.69, 9.17) is 14.2 Å². The zero-order valence-corrected chi connectivity index (χ0v) is 11.8. The van der Waals surface area contributed by atoms with E-state index >= 15 is 0 Å². The van der Waals surface area contributed by atoms with E-state index in [1.807, 2.05) is 6.92 Å². The molecule has 0 aromatic carbocycles. The van der Waals surface area contributed by atoms with Gasteiger partial charge in [-0.05, 0) is 19.8 Å². The standard InChI is InChI=1S/C13H19NO6/c1-12-5-4-9(13(12,7-15)20-12)8(10(16)18-3)6-19-11(17)14-2/h6,9,15H,4-5,7H2,1-3H3,(H,14,17)/b8-6-. The fourth-order valence-electron chi connectivity index (χ4n) is 3.01. The highest BCUT2D eigenvalue weighted by atomic mass is 16.6. The van der Waals surface area contributed by atoms with Crippen LogP contribution >= 0.6 is 0 Å². The summed E-state index contributed by atoms with van der Waals surface area (Å²) in [5, 5.41) is 11.9. The maximum Gasteiger partial charge on any atom is 0.411 e. The highest BCUT2D eigenvalue weighted by molar-refractivity contribution is 5.89. The number of aliphatic hydroxyl groups is 1. The quantitative estimate of drug-likeness (QED) is 0.334. The number of esters is 1. The van der Waals surface area contributed by atoms with E-state index in [0.29, 0.717) is 6.42 Å². The van der Waals surface area contributed by atoms with E-state index in [1.54, 1.807) is 0 Å². The lowest BCUT2D eigenvalue weighted by Gasteiger charge is -2.20. The third-order valence-electron chi connectivity index (χ3n) is 4.26. The Morgan fingerprint density at radius 1 is 1.55 bits per heavy atom. The van der Waals surface area contributed by atoms with Gasteiger partial charge in [-0.3, -0.25) is 0 Å². The number of hydrogen-bond acceptors (Lipinski definition) is 6. The Morgan fingerprint density at radius 2 is 2.25 bits per heavy atom. The molecule has 20 heavy (non-hydrogen) atoms. The largest absolute Gasteiger partial charge is 0.466 e.